The topological polar surface area (TPSA) is 38.3 Å². The van der Waals surface area contributed by atoms with Crippen LogP contribution < -0.4 is 10.1 Å². The second-order valence-electron chi connectivity index (χ2n) is 7.06. The molecule has 1 aliphatic carbocycles. The van der Waals surface area contributed by atoms with Crippen LogP contribution in [0.15, 0.2) is 60.7 Å². The van der Waals surface area contributed by atoms with E-state index in [2.05, 4.69) is 5.32 Å². The number of benzene rings is 3. The van der Waals surface area contributed by atoms with Crippen molar-refractivity contribution < 1.29 is 13.9 Å². The summed E-state index contributed by atoms with van der Waals surface area (Å²) < 4.78 is 18.9. The molecule has 0 saturated heterocycles. The van der Waals surface area contributed by atoms with Crippen LogP contribution in [0.3, 0.4) is 0 Å². The number of nitrogens with one attached hydrogen (secondary N) is 1. The first-order valence-corrected chi connectivity index (χ1v) is 9.32. The van der Waals surface area contributed by atoms with Crippen molar-refractivity contribution in [2.45, 2.75) is 25.2 Å². The summed E-state index contributed by atoms with van der Waals surface area (Å²) in [6, 6.07) is 18.2. The molecule has 1 N–H and O–H groups in total. The lowest BCUT2D eigenvalue weighted by Gasteiger charge is -2.18. The van der Waals surface area contributed by atoms with Gasteiger partial charge in [0, 0.05) is 12.0 Å². The average Bonchev–Trinajstić information content (AvgIpc) is 3.48. The van der Waals surface area contributed by atoms with Crippen molar-refractivity contribution in [1.29, 1.82) is 0 Å². The van der Waals surface area contributed by atoms with Crippen LogP contribution in [0.2, 0.25) is 0 Å². The van der Waals surface area contributed by atoms with Crippen molar-refractivity contribution in [3.05, 3.63) is 77.6 Å². The highest BCUT2D eigenvalue weighted by Gasteiger charge is 2.44. The Kier molecular flexibility index (Phi) is 4.56. The second kappa shape index (κ2) is 7.03. The maximum Gasteiger partial charge on any atom is 0.255 e. The minimum absolute atomic E-state index is 0.0836. The highest BCUT2D eigenvalue weighted by atomic mass is 19.1. The van der Waals surface area contributed by atoms with Crippen LogP contribution in [0, 0.1) is 5.82 Å². The Balaban J connectivity index is 1.60. The maximum atomic E-state index is 13.2. The van der Waals surface area contributed by atoms with E-state index in [9.17, 15) is 9.18 Å². The smallest absolute Gasteiger partial charge is 0.255 e. The lowest BCUT2D eigenvalue weighted by molar-refractivity contribution is 0.0947. The molecule has 4 heteroatoms. The largest absolute Gasteiger partial charge is 0.493 e. The van der Waals surface area contributed by atoms with Gasteiger partial charge in [-0.3, -0.25) is 4.79 Å². The van der Waals surface area contributed by atoms with Gasteiger partial charge in [-0.05, 0) is 54.3 Å². The Morgan fingerprint density at radius 1 is 1.07 bits per heavy atom. The van der Waals surface area contributed by atoms with Crippen LogP contribution in [0.5, 0.6) is 5.75 Å². The minimum atomic E-state index is -0.240. The van der Waals surface area contributed by atoms with Gasteiger partial charge in [0.1, 0.15) is 11.6 Å². The van der Waals surface area contributed by atoms with Gasteiger partial charge in [-0.2, -0.15) is 0 Å². The molecule has 0 spiro atoms. The van der Waals surface area contributed by atoms with Gasteiger partial charge in [0.15, 0.2) is 0 Å². The van der Waals surface area contributed by atoms with Crippen molar-refractivity contribution >= 4 is 16.7 Å². The third-order valence-electron chi connectivity index (χ3n) is 5.32. The first-order chi connectivity index (χ1) is 13.1. The molecule has 0 aliphatic heterocycles. The third-order valence-corrected chi connectivity index (χ3v) is 5.32. The fourth-order valence-corrected chi connectivity index (χ4v) is 3.62. The Bertz CT molecular complexity index is 977. The molecule has 3 nitrogen and oxygen atoms in total. The van der Waals surface area contributed by atoms with Gasteiger partial charge in [-0.15, -0.1) is 0 Å². The molecule has 4 rings (SSSR count). The number of amides is 1. The molecule has 1 amide bonds. The number of hydrogen-bond acceptors (Lipinski definition) is 2. The highest BCUT2D eigenvalue weighted by molar-refractivity contribution is 6.09. The van der Waals surface area contributed by atoms with Gasteiger partial charge < -0.3 is 10.1 Å². The molecule has 1 saturated carbocycles. The van der Waals surface area contributed by atoms with Crippen molar-refractivity contribution in [3.63, 3.8) is 0 Å². The van der Waals surface area contributed by atoms with Gasteiger partial charge in [-0.1, -0.05) is 42.5 Å². The van der Waals surface area contributed by atoms with E-state index in [1.54, 1.807) is 0 Å². The monoisotopic (exact) mass is 363 g/mol. The summed E-state index contributed by atoms with van der Waals surface area (Å²) in [7, 11) is 0. The van der Waals surface area contributed by atoms with E-state index in [-0.39, 0.29) is 17.1 Å². The molecule has 0 atom stereocenters. The van der Waals surface area contributed by atoms with Crippen LogP contribution in [0.1, 0.15) is 35.7 Å². The van der Waals surface area contributed by atoms with Gasteiger partial charge in [0.2, 0.25) is 0 Å². The molecule has 0 heterocycles. The summed E-state index contributed by atoms with van der Waals surface area (Å²) in [4.78, 5) is 13.1. The molecule has 3 aromatic carbocycles. The third kappa shape index (κ3) is 3.39. The van der Waals surface area contributed by atoms with Crippen LogP contribution in [-0.2, 0) is 5.41 Å². The highest BCUT2D eigenvalue weighted by Crippen LogP contribution is 2.47. The molecule has 138 valence electrons. The molecule has 0 bridgehead atoms. The molecule has 0 radical (unpaired) electrons. The number of rotatable bonds is 6. The summed E-state index contributed by atoms with van der Waals surface area (Å²) in [5, 5.41) is 4.98. The normalized spacial score (nSPS) is 14.7. The number of ether oxygens (including phenoxy) is 1. The van der Waals surface area contributed by atoms with Crippen molar-refractivity contribution in [2.24, 2.45) is 0 Å². The summed E-state index contributed by atoms with van der Waals surface area (Å²) in [6.45, 7) is 2.94. The molecule has 3 aromatic rings. The fourth-order valence-electron chi connectivity index (χ4n) is 3.62. The number of carbonyl (C=O) groups is 1. The van der Waals surface area contributed by atoms with Crippen LogP contribution >= 0.6 is 0 Å². The van der Waals surface area contributed by atoms with E-state index < -0.39 is 0 Å². The van der Waals surface area contributed by atoms with Crippen LogP contribution in [0.25, 0.3) is 10.8 Å². The van der Waals surface area contributed by atoms with Gasteiger partial charge in [-0.25, -0.2) is 4.39 Å². The zero-order valence-corrected chi connectivity index (χ0v) is 15.3. The first kappa shape index (κ1) is 17.5. The lowest BCUT2D eigenvalue weighted by atomic mass is 9.95. The minimum Gasteiger partial charge on any atom is -0.493 e. The van der Waals surface area contributed by atoms with E-state index >= 15 is 0 Å². The molecule has 0 aromatic heterocycles. The molecular formula is C23H22FNO2. The summed E-state index contributed by atoms with van der Waals surface area (Å²) in [5.41, 5.74) is 1.57. The molecule has 1 aliphatic rings. The van der Waals surface area contributed by atoms with E-state index in [4.69, 9.17) is 4.74 Å². The van der Waals surface area contributed by atoms with Gasteiger partial charge >= 0.3 is 0 Å². The predicted molar refractivity (Wildman–Crippen MR) is 105 cm³/mol. The summed E-state index contributed by atoms with van der Waals surface area (Å²) in [6.07, 6.45) is 1.99. The SMILES string of the molecule is CCOc1ccc2ccccc2c1C(=O)NCC1(c2ccc(F)cc2)CC1. The van der Waals surface area contributed by atoms with Crippen LogP contribution in [0.4, 0.5) is 4.39 Å². The zero-order chi connectivity index (χ0) is 18.9. The van der Waals surface area contributed by atoms with Crippen molar-refractivity contribution in [3.8, 4) is 5.75 Å². The predicted octanol–water partition coefficient (Wildman–Crippen LogP) is 4.84. The van der Waals surface area contributed by atoms with E-state index in [0.717, 1.165) is 29.2 Å². The van der Waals surface area contributed by atoms with E-state index in [1.165, 1.54) is 12.1 Å². The number of fused-ring (bicyclic) bond motifs is 1. The molecule has 1 fully saturated rings. The Labute approximate surface area is 158 Å². The van der Waals surface area contributed by atoms with E-state index in [1.807, 2.05) is 55.5 Å². The number of halogens is 1. The fraction of sp³-hybridized carbons (Fsp3) is 0.261. The Morgan fingerprint density at radius 2 is 1.81 bits per heavy atom. The molecule has 0 unspecified atom stereocenters. The first-order valence-electron chi connectivity index (χ1n) is 9.32. The molecule has 27 heavy (non-hydrogen) atoms. The summed E-state index contributed by atoms with van der Waals surface area (Å²) >= 11 is 0. The standard InChI is InChI=1S/C23H22FNO2/c1-2-27-20-12-7-16-5-3-4-6-19(16)21(20)22(26)25-15-23(13-14-23)17-8-10-18(24)11-9-17/h3-12H,2,13-15H2,1H3,(H,25,26). The van der Waals surface area contributed by atoms with Crippen molar-refractivity contribution in [1.82, 2.24) is 5.32 Å². The number of carbonyl (C=O) groups excluding carboxylic acids is 1. The zero-order valence-electron chi connectivity index (χ0n) is 15.3. The van der Waals surface area contributed by atoms with Crippen molar-refractivity contribution in [2.75, 3.05) is 13.2 Å². The number of hydrogen-bond donors (Lipinski definition) is 1. The van der Waals surface area contributed by atoms with E-state index in [0.29, 0.717) is 24.5 Å². The molecular weight excluding hydrogens is 341 g/mol. The van der Waals surface area contributed by atoms with Gasteiger partial charge in [0.25, 0.3) is 5.91 Å². The Morgan fingerprint density at radius 3 is 2.52 bits per heavy atom. The van der Waals surface area contributed by atoms with Gasteiger partial charge in [0.05, 0.1) is 12.2 Å². The quantitative estimate of drug-likeness (QED) is 0.681. The maximum absolute atomic E-state index is 13.2. The Hall–Kier alpha value is -2.88. The summed E-state index contributed by atoms with van der Waals surface area (Å²) in [5.74, 6) is 0.222. The second-order valence-corrected chi connectivity index (χ2v) is 7.06. The van der Waals surface area contributed by atoms with Crippen LogP contribution in [-0.4, -0.2) is 19.1 Å². The lowest BCUT2D eigenvalue weighted by Crippen LogP contribution is -2.32. The average molecular weight is 363 g/mol.